The molecule has 0 aromatic heterocycles. The molecule has 180 valence electrons. The molecule has 0 aliphatic heterocycles. The molecule has 2 fully saturated rings. The SMILES string of the molecule is C=CCC1CCC(C2CCC(c3ccc(OCCCCCCCC)c(F)c3F)CC2)CC1. The Hall–Kier alpha value is -1.38. The maximum absolute atomic E-state index is 14.9. The van der Waals surface area contributed by atoms with Gasteiger partial charge in [-0.2, -0.15) is 4.39 Å². The monoisotopic (exact) mass is 446 g/mol. The van der Waals surface area contributed by atoms with Gasteiger partial charge in [-0.3, -0.25) is 0 Å². The number of rotatable bonds is 12. The van der Waals surface area contributed by atoms with Gasteiger partial charge in [-0.05, 0) is 99.5 Å². The van der Waals surface area contributed by atoms with Crippen molar-refractivity contribution >= 4 is 0 Å². The van der Waals surface area contributed by atoms with Crippen molar-refractivity contribution in [3.63, 3.8) is 0 Å². The van der Waals surface area contributed by atoms with Crippen molar-refractivity contribution in [2.24, 2.45) is 17.8 Å². The Kier molecular flexibility index (Phi) is 10.5. The lowest BCUT2D eigenvalue weighted by atomic mass is 9.68. The van der Waals surface area contributed by atoms with E-state index in [0.717, 1.165) is 62.7 Å². The molecule has 1 aromatic carbocycles. The van der Waals surface area contributed by atoms with Crippen LogP contribution < -0.4 is 4.74 Å². The Labute approximate surface area is 195 Å². The third kappa shape index (κ3) is 7.06. The van der Waals surface area contributed by atoms with Gasteiger partial charge in [0.05, 0.1) is 6.61 Å². The van der Waals surface area contributed by atoms with E-state index in [4.69, 9.17) is 4.74 Å². The van der Waals surface area contributed by atoms with Gasteiger partial charge in [0.2, 0.25) is 5.82 Å². The molecule has 0 saturated heterocycles. The lowest BCUT2D eigenvalue weighted by Gasteiger charge is -2.38. The fourth-order valence-corrected chi connectivity index (χ4v) is 6.07. The van der Waals surface area contributed by atoms with Gasteiger partial charge in [-0.15, -0.1) is 6.58 Å². The molecule has 3 heteroatoms. The Morgan fingerprint density at radius 1 is 0.844 bits per heavy atom. The molecule has 2 saturated carbocycles. The maximum Gasteiger partial charge on any atom is 0.200 e. The van der Waals surface area contributed by atoms with E-state index in [1.807, 2.05) is 0 Å². The Morgan fingerprint density at radius 3 is 2.12 bits per heavy atom. The number of hydrogen-bond donors (Lipinski definition) is 0. The van der Waals surface area contributed by atoms with Crippen molar-refractivity contribution in [2.45, 2.75) is 109 Å². The maximum atomic E-state index is 14.9. The van der Waals surface area contributed by atoms with Crippen molar-refractivity contribution in [3.8, 4) is 5.75 Å². The summed E-state index contributed by atoms with van der Waals surface area (Å²) in [6, 6.07) is 3.43. The Balaban J connectivity index is 1.44. The quantitative estimate of drug-likeness (QED) is 0.229. The molecule has 0 amide bonds. The third-order valence-electron chi connectivity index (χ3n) is 8.10. The summed E-state index contributed by atoms with van der Waals surface area (Å²) in [6.45, 7) is 6.55. The van der Waals surface area contributed by atoms with Crippen LogP contribution in [0.2, 0.25) is 0 Å². The first-order valence-electron chi connectivity index (χ1n) is 13.4. The highest BCUT2D eigenvalue weighted by Crippen LogP contribution is 2.45. The van der Waals surface area contributed by atoms with Crippen LogP contribution in [0.5, 0.6) is 5.75 Å². The van der Waals surface area contributed by atoms with Crippen LogP contribution in [0, 0.1) is 29.4 Å². The molecule has 2 aliphatic rings. The zero-order valence-electron chi connectivity index (χ0n) is 20.2. The molecule has 0 radical (unpaired) electrons. The van der Waals surface area contributed by atoms with Crippen LogP contribution in [0.15, 0.2) is 24.8 Å². The first-order chi connectivity index (χ1) is 15.6. The van der Waals surface area contributed by atoms with Crippen LogP contribution in [0.1, 0.15) is 115 Å². The van der Waals surface area contributed by atoms with Crippen LogP contribution in [-0.4, -0.2) is 6.61 Å². The van der Waals surface area contributed by atoms with E-state index >= 15 is 0 Å². The van der Waals surface area contributed by atoms with E-state index in [2.05, 4.69) is 19.6 Å². The van der Waals surface area contributed by atoms with E-state index in [0.29, 0.717) is 12.2 Å². The number of halogens is 2. The van der Waals surface area contributed by atoms with E-state index in [9.17, 15) is 8.78 Å². The Morgan fingerprint density at radius 2 is 1.47 bits per heavy atom. The Bertz CT molecular complexity index is 685. The second-order valence-corrected chi connectivity index (χ2v) is 10.3. The van der Waals surface area contributed by atoms with Crippen molar-refractivity contribution in [2.75, 3.05) is 6.61 Å². The minimum absolute atomic E-state index is 0.0739. The number of allylic oxidation sites excluding steroid dienone is 1. The summed E-state index contributed by atoms with van der Waals surface area (Å²) in [5.74, 6) is 1.17. The highest BCUT2D eigenvalue weighted by Gasteiger charge is 2.32. The molecule has 0 N–H and O–H groups in total. The topological polar surface area (TPSA) is 9.23 Å². The van der Waals surface area contributed by atoms with Crippen molar-refractivity contribution in [3.05, 3.63) is 42.0 Å². The number of ether oxygens (including phenoxy) is 1. The van der Waals surface area contributed by atoms with Gasteiger partial charge in [-0.1, -0.05) is 51.2 Å². The molecular weight excluding hydrogens is 402 g/mol. The largest absolute Gasteiger partial charge is 0.490 e. The van der Waals surface area contributed by atoms with E-state index in [1.165, 1.54) is 51.4 Å². The molecule has 0 bridgehead atoms. The summed E-state index contributed by atoms with van der Waals surface area (Å²) in [6.07, 6.45) is 19.7. The van der Waals surface area contributed by atoms with E-state index in [1.54, 1.807) is 12.1 Å². The van der Waals surface area contributed by atoms with Gasteiger partial charge < -0.3 is 4.74 Å². The number of benzene rings is 1. The van der Waals surface area contributed by atoms with Crippen molar-refractivity contribution < 1.29 is 13.5 Å². The minimum atomic E-state index is -0.795. The zero-order chi connectivity index (χ0) is 22.8. The number of unbranched alkanes of at least 4 members (excludes halogenated alkanes) is 5. The minimum Gasteiger partial charge on any atom is -0.490 e. The standard InChI is InChI=1S/C29H44F2O/c1-3-5-6-7-8-9-21-32-27-20-19-26(28(30)29(27)31)25-17-15-24(16-18-25)23-13-11-22(10-4-2)12-14-23/h4,19-20,22-25H,2-3,5-18,21H2,1H3. The predicted octanol–water partition coefficient (Wildman–Crippen LogP) is 9.36. The third-order valence-corrected chi connectivity index (χ3v) is 8.10. The zero-order valence-corrected chi connectivity index (χ0v) is 20.2. The van der Waals surface area contributed by atoms with Crippen LogP contribution >= 0.6 is 0 Å². The average Bonchev–Trinajstić information content (AvgIpc) is 2.82. The fourth-order valence-electron chi connectivity index (χ4n) is 6.07. The molecule has 32 heavy (non-hydrogen) atoms. The second-order valence-electron chi connectivity index (χ2n) is 10.3. The molecule has 0 atom stereocenters. The lowest BCUT2D eigenvalue weighted by molar-refractivity contribution is 0.160. The van der Waals surface area contributed by atoms with Gasteiger partial charge in [0.15, 0.2) is 11.6 Å². The molecule has 1 aromatic rings. The lowest BCUT2D eigenvalue weighted by Crippen LogP contribution is -2.25. The summed E-state index contributed by atoms with van der Waals surface area (Å²) in [4.78, 5) is 0. The van der Waals surface area contributed by atoms with Gasteiger partial charge in [0.25, 0.3) is 0 Å². The van der Waals surface area contributed by atoms with E-state index in [-0.39, 0.29) is 11.7 Å². The molecule has 3 rings (SSSR count). The van der Waals surface area contributed by atoms with Gasteiger partial charge in [0.1, 0.15) is 0 Å². The van der Waals surface area contributed by atoms with Crippen molar-refractivity contribution in [1.29, 1.82) is 0 Å². The summed E-state index contributed by atoms with van der Waals surface area (Å²) < 4.78 is 35.1. The van der Waals surface area contributed by atoms with Gasteiger partial charge in [-0.25, -0.2) is 4.39 Å². The molecule has 0 spiro atoms. The van der Waals surface area contributed by atoms with Crippen LogP contribution in [0.25, 0.3) is 0 Å². The summed E-state index contributed by atoms with van der Waals surface area (Å²) in [7, 11) is 0. The fraction of sp³-hybridized carbons (Fsp3) is 0.724. The molecule has 1 nitrogen and oxygen atoms in total. The van der Waals surface area contributed by atoms with Crippen molar-refractivity contribution in [1.82, 2.24) is 0 Å². The predicted molar refractivity (Wildman–Crippen MR) is 130 cm³/mol. The normalized spacial score (nSPS) is 26.1. The molecule has 0 heterocycles. The van der Waals surface area contributed by atoms with Gasteiger partial charge in [0, 0.05) is 0 Å². The summed E-state index contributed by atoms with van der Waals surface area (Å²) in [5, 5.41) is 0. The summed E-state index contributed by atoms with van der Waals surface area (Å²) in [5.41, 5.74) is 0.558. The van der Waals surface area contributed by atoms with E-state index < -0.39 is 11.6 Å². The highest BCUT2D eigenvalue weighted by atomic mass is 19.2. The summed E-state index contributed by atoms with van der Waals surface area (Å²) >= 11 is 0. The van der Waals surface area contributed by atoms with Crippen LogP contribution in [0.3, 0.4) is 0 Å². The average molecular weight is 447 g/mol. The second kappa shape index (κ2) is 13.4. The number of hydrogen-bond acceptors (Lipinski definition) is 1. The smallest absolute Gasteiger partial charge is 0.200 e. The van der Waals surface area contributed by atoms with Crippen LogP contribution in [-0.2, 0) is 0 Å². The molecule has 0 unspecified atom stereocenters. The highest BCUT2D eigenvalue weighted by molar-refractivity contribution is 5.33. The van der Waals surface area contributed by atoms with Crippen LogP contribution in [0.4, 0.5) is 8.78 Å². The molecule has 2 aliphatic carbocycles. The molecular formula is C29H44F2O. The van der Waals surface area contributed by atoms with Gasteiger partial charge >= 0.3 is 0 Å². The first-order valence-corrected chi connectivity index (χ1v) is 13.4. The first kappa shape index (κ1) is 25.2.